The number of carboxylic acids is 1. The van der Waals surface area contributed by atoms with Crippen LogP contribution in [0.2, 0.25) is 0 Å². The molecule has 0 radical (unpaired) electrons. The molecule has 4 saturated carbocycles. The SMILES string of the molecule is CC(C)C1=C2[C@H]3CCC4[C@@](C)(CCC5C(C)(C)[C@@H](OC(=O)CC(C)(C)C(=O)O)CC[C@@]54C)C3CC[C@@]2(N)CC1=O. The summed E-state index contributed by atoms with van der Waals surface area (Å²) in [5, 5.41) is 9.49. The minimum atomic E-state index is -1.13. The maximum Gasteiger partial charge on any atom is 0.309 e. The molecule has 6 heteroatoms. The number of ether oxygens (including phenoxy) is 1. The first-order chi connectivity index (χ1) is 18.4. The van der Waals surface area contributed by atoms with E-state index in [-0.39, 0.29) is 40.5 Å². The van der Waals surface area contributed by atoms with Crippen molar-refractivity contribution in [2.24, 2.45) is 57.0 Å². The molecule has 224 valence electrons. The van der Waals surface area contributed by atoms with Gasteiger partial charge in [-0.25, -0.2) is 0 Å². The van der Waals surface area contributed by atoms with Crippen molar-refractivity contribution in [3.63, 3.8) is 0 Å². The van der Waals surface area contributed by atoms with Crippen LogP contribution in [-0.2, 0) is 19.1 Å². The normalized spacial score (nSPS) is 42.5. The number of hydrogen-bond acceptors (Lipinski definition) is 5. The zero-order chi connectivity index (χ0) is 29.6. The lowest BCUT2D eigenvalue weighted by Gasteiger charge is -2.68. The van der Waals surface area contributed by atoms with Crippen LogP contribution in [0.4, 0.5) is 0 Å². The van der Waals surface area contributed by atoms with Gasteiger partial charge in [-0.1, -0.05) is 41.5 Å². The van der Waals surface area contributed by atoms with Crippen molar-refractivity contribution in [3.8, 4) is 0 Å². The number of fused-ring (bicyclic) bond motifs is 7. The molecule has 0 aromatic rings. The minimum absolute atomic E-state index is 0.111. The van der Waals surface area contributed by atoms with E-state index in [1.807, 2.05) is 0 Å². The zero-order valence-corrected chi connectivity index (χ0v) is 26.2. The first-order valence-corrected chi connectivity index (χ1v) is 15.9. The van der Waals surface area contributed by atoms with Gasteiger partial charge in [0.05, 0.1) is 11.8 Å². The average molecular weight is 556 g/mol. The maximum atomic E-state index is 13.1. The number of allylic oxidation sites excluding steroid dienone is 1. The summed E-state index contributed by atoms with van der Waals surface area (Å²) in [6, 6.07) is 0. The van der Waals surface area contributed by atoms with E-state index < -0.39 is 22.9 Å². The van der Waals surface area contributed by atoms with Gasteiger partial charge in [0, 0.05) is 17.4 Å². The van der Waals surface area contributed by atoms with Gasteiger partial charge in [0.2, 0.25) is 0 Å². The quantitative estimate of drug-likeness (QED) is 0.366. The average Bonchev–Trinajstić information content (AvgIpc) is 3.10. The lowest BCUT2D eigenvalue weighted by molar-refractivity contribution is -0.213. The minimum Gasteiger partial charge on any atom is -0.481 e. The molecule has 0 spiro atoms. The van der Waals surface area contributed by atoms with Gasteiger partial charge >= 0.3 is 11.9 Å². The molecule has 0 saturated heterocycles. The Hall–Kier alpha value is -1.69. The Morgan fingerprint density at radius 2 is 1.62 bits per heavy atom. The van der Waals surface area contributed by atoms with Crippen LogP contribution in [0.3, 0.4) is 0 Å². The largest absolute Gasteiger partial charge is 0.481 e. The Morgan fingerprint density at radius 3 is 2.25 bits per heavy atom. The van der Waals surface area contributed by atoms with Crippen LogP contribution in [-0.4, -0.2) is 34.5 Å². The van der Waals surface area contributed by atoms with E-state index in [1.54, 1.807) is 13.8 Å². The molecule has 3 N–H and O–H groups in total. The number of carbonyl (C=O) groups excluding carboxylic acids is 2. The van der Waals surface area contributed by atoms with Gasteiger partial charge in [-0.05, 0) is 117 Å². The number of hydrogen-bond donors (Lipinski definition) is 2. The number of aliphatic carboxylic acids is 1. The van der Waals surface area contributed by atoms with Gasteiger partial charge in [-0.2, -0.15) is 0 Å². The lowest BCUT2D eigenvalue weighted by Crippen LogP contribution is -2.63. The molecule has 5 aliphatic carbocycles. The van der Waals surface area contributed by atoms with Crippen LogP contribution in [0, 0.1) is 51.2 Å². The van der Waals surface area contributed by atoms with Crippen molar-refractivity contribution in [2.75, 3.05) is 0 Å². The molecule has 0 aromatic carbocycles. The molecule has 0 aliphatic heterocycles. The van der Waals surface area contributed by atoms with Crippen LogP contribution in [0.15, 0.2) is 11.1 Å². The Kier molecular flexibility index (Phi) is 7.01. The first-order valence-electron chi connectivity index (χ1n) is 15.9. The van der Waals surface area contributed by atoms with Crippen molar-refractivity contribution >= 4 is 17.7 Å². The number of Topliss-reactive ketones (excluding diaryl/α,β-unsaturated/α-hetero) is 1. The van der Waals surface area contributed by atoms with Crippen molar-refractivity contribution < 1.29 is 24.2 Å². The Bertz CT molecular complexity index is 1140. The third kappa shape index (κ3) is 4.24. The molecule has 8 atom stereocenters. The monoisotopic (exact) mass is 555 g/mol. The first kappa shape index (κ1) is 29.8. The number of carbonyl (C=O) groups is 3. The van der Waals surface area contributed by atoms with Crippen molar-refractivity contribution in [1.82, 2.24) is 0 Å². The topological polar surface area (TPSA) is 107 Å². The van der Waals surface area contributed by atoms with Crippen molar-refractivity contribution in [3.05, 3.63) is 11.1 Å². The highest BCUT2D eigenvalue weighted by molar-refractivity contribution is 6.01. The van der Waals surface area contributed by atoms with E-state index in [0.717, 1.165) is 56.9 Å². The summed E-state index contributed by atoms with van der Waals surface area (Å²) in [6.45, 7) is 17.1. The van der Waals surface area contributed by atoms with E-state index in [4.69, 9.17) is 10.5 Å². The number of esters is 1. The molecular weight excluding hydrogens is 502 g/mol. The third-order valence-electron chi connectivity index (χ3n) is 13.0. The highest BCUT2D eigenvalue weighted by Crippen LogP contribution is 2.72. The molecule has 0 heterocycles. The molecular formula is C34H53NO5. The van der Waals surface area contributed by atoms with Crippen LogP contribution in [0.25, 0.3) is 0 Å². The number of ketones is 1. The van der Waals surface area contributed by atoms with Crippen LogP contribution in [0.1, 0.15) is 120 Å². The summed E-state index contributed by atoms with van der Waals surface area (Å²) in [7, 11) is 0. The predicted octanol–water partition coefficient (Wildman–Crippen LogP) is 6.70. The highest BCUT2D eigenvalue weighted by Gasteiger charge is 2.66. The standard InChI is InChI=1S/C34H53NO5/c1-19(2)27-22(36)17-34(35)16-11-21-20(28(27)34)9-10-24-32(21,7)14-12-23-31(5,6)25(13-15-33(23,24)8)40-26(37)18-30(3,4)29(38)39/h19-21,23-25H,9-18,35H2,1-8H3,(H,38,39)/t20-,21?,23?,24?,25-,32-,33-,34+/m0/s1. The predicted molar refractivity (Wildman–Crippen MR) is 155 cm³/mol. The second kappa shape index (κ2) is 9.41. The van der Waals surface area contributed by atoms with Crippen molar-refractivity contribution in [1.29, 1.82) is 0 Å². The van der Waals surface area contributed by atoms with E-state index in [0.29, 0.717) is 30.1 Å². The Labute approximate surface area is 241 Å². The number of carboxylic acid groups (broad SMARTS) is 1. The smallest absolute Gasteiger partial charge is 0.309 e. The summed E-state index contributed by atoms with van der Waals surface area (Å²) >= 11 is 0. The summed E-state index contributed by atoms with van der Waals surface area (Å²) in [5.41, 5.74) is 8.03. The number of nitrogens with two attached hydrogens (primary N) is 1. The van der Waals surface area contributed by atoms with Crippen molar-refractivity contribution in [2.45, 2.75) is 131 Å². The Balaban J connectivity index is 1.40. The van der Waals surface area contributed by atoms with Gasteiger partial charge < -0.3 is 15.6 Å². The molecule has 0 bridgehead atoms. The summed E-state index contributed by atoms with van der Waals surface area (Å²) in [6.07, 6.45) is 8.62. The zero-order valence-electron chi connectivity index (χ0n) is 26.2. The molecule has 5 aliphatic rings. The summed E-state index contributed by atoms with van der Waals surface area (Å²) in [5.74, 6) is 1.15. The lowest BCUT2D eigenvalue weighted by atomic mass is 9.37. The third-order valence-corrected chi connectivity index (χ3v) is 13.0. The van der Waals surface area contributed by atoms with Gasteiger partial charge in [0.15, 0.2) is 5.78 Å². The molecule has 0 amide bonds. The molecule has 40 heavy (non-hydrogen) atoms. The molecule has 4 fully saturated rings. The fourth-order valence-corrected chi connectivity index (χ4v) is 11.1. The van der Waals surface area contributed by atoms with E-state index in [2.05, 4.69) is 41.5 Å². The van der Waals surface area contributed by atoms with Gasteiger partial charge in [0.1, 0.15) is 6.10 Å². The molecule has 6 nitrogen and oxygen atoms in total. The van der Waals surface area contributed by atoms with Gasteiger partial charge in [0.25, 0.3) is 0 Å². The molecule has 0 aromatic heterocycles. The second-order valence-electron chi connectivity index (χ2n) is 16.4. The van der Waals surface area contributed by atoms with E-state index in [9.17, 15) is 19.5 Å². The molecule has 3 unspecified atom stereocenters. The fraction of sp³-hybridized carbons (Fsp3) is 0.853. The number of rotatable bonds is 5. The van der Waals surface area contributed by atoms with Gasteiger partial charge in [-0.15, -0.1) is 0 Å². The maximum absolute atomic E-state index is 13.1. The van der Waals surface area contributed by atoms with Crippen LogP contribution >= 0.6 is 0 Å². The van der Waals surface area contributed by atoms with E-state index >= 15 is 0 Å². The molecule has 5 rings (SSSR count). The van der Waals surface area contributed by atoms with Crippen LogP contribution in [0.5, 0.6) is 0 Å². The fourth-order valence-electron chi connectivity index (χ4n) is 11.1. The summed E-state index contributed by atoms with van der Waals surface area (Å²) < 4.78 is 6.08. The van der Waals surface area contributed by atoms with Gasteiger partial charge in [-0.3, -0.25) is 14.4 Å². The Morgan fingerprint density at radius 1 is 0.975 bits per heavy atom. The highest BCUT2D eigenvalue weighted by atomic mass is 16.5. The van der Waals surface area contributed by atoms with E-state index in [1.165, 1.54) is 5.57 Å². The summed E-state index contributed by atoms with van der Waals surface area (Å²) in [4.78, 5) is 37.6. The van der Waals surface area contributed by atoms with Crippen LogP contribution < -0.4 is 5.73 Å². The second-order valence-corrected chi connectivity index (χ2v) is 16.4.